The Labute approximate surface area is 142 Å². The van der Waals surface area contributed by atoms with Crippen molar-refractivity contribution in [3.8, 4) is 5.75 Å². The molecule has 2 aromatic rings. The highest BCUT2D eigenvalue weighted by Crippen LogP contribution is 2.37. The lowest BCUT2D eigenvalue weighted by atomic mass is 9.75. The van der Waals surface area contributed by atoms with E-state index in [2.05, 4.69) is 4.90 Å². The van der Waals surface area contributed by atoms with E-state index in [4.69, 9.17) is 4.42 Å². The second-order valence-corrected chi connectivity index (χ2v) is 7.51. The molecule has 24 heavy (non-hydrogen) atoms. The second-order valence-electron chi connectivity index (χ2n) is 7.51. The van der Waals surface area contributed by atoms with Gasteiger partial charge in [-0.05, 0) is 55.8 Å². The van der Waals surface area contributed by atoms with Crippen LogP contribution in [0.3, 0.4) is 0 Å². The van der Waals surface area contributed by atoms with Crippen LogP contribution in [-0.2, 0) is 6.54 Å². The van der Waals surface area contributed by atoms with E-state index in [9.17, 15) is 9.90 Å². The summed E-state index contributed by atoms with van der Waals surface area (Å²) in [5.41, 5.74) is 1.83. The van der Waals surface area contributed by atoms with Crippen LogP contribution in [0.4, 0.5) is 0 Å². The van der Waals surface area contributed by atoms with Crippen LogP contribution < -0.4 is 5.63 Å². The Bertz CT molecular complexity index is 810. The highest BCUT2D eigenvalue weighted by molar-refractivity contribution is 5.84. The van der Waals surface area contributed by atoms with Crippen molar-refractivity contribution in [3.05, 3.63) is 39.7 Å². The molecule has 1 aromatic heterocycles. The van der Waals surface area contributed by atoms with E-state index in [1.54, 1.807) is 19.1 Å². The van der Waals surface area contributed by atoms with Gasteiger partial charge in [0, 0.05) is 30.1 Å². The lowest BCUT2D eigenvalue weighted by molar-refractivity contribution is 0.0822. The zero-order chi connectivity index (χ0) is 16.7. The lowest BCUT2D eigenvalue weighted by Crippen LogP contribution is -2.41. The van der Waals surface area contributed by atoms with Gasteiger partial charge in [-0.25, -0.2) is 4.79 Å². The quantitative estimate of drug-likeness (QED) is 0.852. The molecule has 2 atom stereocenters. The van der Waals surface area contributed by atoms with Crippen molar-refractivity contribution in [2.75, 3.05) is 13.1 Å². The Hall–Kier alpha value is -1.81. The fourth-order valence-corrected chi connectivity index (χ4v) is 4.61. The first kappa shape index (κ1) is 15.7. The van der Waals surface area contributed by atoms with E-state index in [1.165, 1.54) is 32.1 Å². The third kappa shape index (κ3) is 2.84. The molecule has 4 rings (SSSR count). The number of phenolic OH excluding ortho intramolecular Hbond substituents is 1. The van der Waals surface area contributed by atoms with Gasteiger partial charge in [-0.15, -0.1) is 0 Å². The molecule has 0 radical (unpaired) electrons. The van der Waals surface area contributed by atoms with Crippen LogP contribution in [0.1, 0.15) is 43.2 Å². The highest BCUT2D eigenvalue weighted by atomic mass is 16.4. The number of aromatic hydroxyl groups is 1. The van der Waals surface area contributed by atoms with E-state index in [-0.39, 0.29) is 11.4 Å². The maximum Gasteiger partial charge on any atom is 0.336 e. The standard InChI is InChI=1S/C20H25NO3/c1-13-18(22)7-6-17-16(10-19(23)24-20(13)17)12-21-9-8-14-4-2-3-5-15(14)11-21/h6-7,10,14-15,22H,2-5,8-9,11-12H2,1H3/t14-,15+/m0/s1. The molecule has 1 saturated carbocycles. The van der Waals surface area contributed by atoms with Crippen LogP contribution >= 0.6 is 0 Å². The molecule has 1 aliphatic carbocycles. The van der Waals surface area contributed by atoms with Crippen LogP contribution in [0.2, 0.25) is 0 Å². The summed E-state index contributed by atoms with van der Waals surface area (Å²) < 4.78 is 5.35. The molecule has 1 N–H and O–H groups in total. The van der Waals surface area contributed by atoms with Crippen molar-refractivity contribution in [3.63, 3.8) is 0 Å². The number of likely N-dealkylation sites (tertiary alicyclic amines) is 1. The van der Waals surface area contributed by atoms with E-state index in [0.29, 0.717) is 11.1 Å². The van der Waals surface area contributed by atoms with E-state index in [1.807, 2.05) is 6.07 Å². The Morgan fingerprint density at radius 1 is 1.21 bits per heavy atom. The van der Waals surface area contributed by atoms with Crippen molar-refractivity contribution in [2.24, 2.45) is 11.8 Å². The molecule has 128 valence electrons. The summed E-state index contributed by atoms with van der Waals surface area (Å²) in [7, 11) is 0. The summed E-state index contributed by atoms with van der Waals surface area (Å²) in [5.74, 6) is 1.90. The third-order valence-electron chi connectivity index (χ3n) is 5.99. The molecular weight excluding hydrogens is 302 g/mol. The Balaban J connectivity index is 1.63. The van der Waals surface area contributed by atoms with Gasteiger partial charge in [0.1, 0.15) is 11.3 Å². The minimum Gasteiger partial charge on any atom is -0.508 e. The molecule has 4 heteroatoms. The maximum atomic E-state index is 12.0. The van der Waals surface area contributed by atoms with Crippen molar-refractivity contribution < 1.29 is 9.52 Å². The summed E-state index contributed by atoms with van der Waals surface area (Å²) in [4.78, 5) is 14.5. The number of aryl methyl sites for hydroxylation is 1. The second kappa shape index (κ2) is 6.25. The van der Waals surface area contributed by atoms with Crippen LogP contribution in [0, 0.1) is 18.8 Å². The summed E-state index contributed by atoms with van der Waals surface area (Å²) in [6.45, 7) is 4.83. The van der Waals surface area contributed by atoms with Crippen molar-refractivity contribution in [1.82, 2.24) is 4.90 Å². The van der Waals surface area contributed by atoms with Gasteiger partial charge in [-0.1, -0.05) is 19.3 Å². The first-order valence-corrected chi connectivity index (χ1v) is 9.09. The first-order valence-electron chi connectivity index (χ1n) is 9.09. The van der Waals surface area contributed by atoms with Gasteiger partial charge in [0.25, 0.3) is 0 Å². The normalized spacial score (nSPS) is 24.9. The van der Waals surface area contributed by atoms with Crippen LogP contribution in [0.25, 0.3) is 11.0 Å². The van der Waals surface area contributed by atoms with Gasteiger partial charge in [0.15, 0.2) is 0 Å². The molecule has 4 nitrogen and oxygen atoms in total. The van der Waals surface area contributed by atoms with Gasteiger partial charge in [0.05, 0.1) is 0 Å². The molecule has 1 saturated heterocycles. The predicted molar refractivity (Wildman–Crippen MR) is 94.2 cm³/mol. The van der Waals surface area contributed by atoms with E-state index in [0.717, 1.165) is 42.4 Å². The van der Waals surface area contributed by atoms with Gasteiger partial charge >= 0.3 is 5.63 Å². The smallest absolute Gasteiger partial charge is 0.336 e. The molecule has 0 spiro atoms. The minimum atomic E-state index is -0.334. The van der Waals surface area contributed by atoms with Gasteiger partial charge in [0.2, 0.25) is 0 Å². The van der Waals surface area contributed by atoms with Gasteiger partial charge in [-0.3, -0.25) is 4.90 Å². The van der Waals surface area contributed by atoms with Crippen molar-refractivity contribution in [1.29, 1.82) is 0 Å². The van der Waals surface area contributed by atoms with Gasteiger partial charge < -0.3 is 9.52 Å². The number of benzene rings is 1. The topological polar surface area (TPSA) is 53.7 Å². The molecule has 1 aliphatic heterocycles. The lowest BCUT2D eigenvalue weighted by Gasteiger charge is -2.41. The molecule has 2 fully saturated rings. The molecule has 2 aliphatic rings. The molecule has 0 bridgehead atoms. The third-order valence-corrected chi connectivity index (χ3v) is 5.99. The molecule has 0 unspecified atom stereocenters. The van der Waals surface area contributed by atoms with Crippen LogP contribution in [0.15, 0.2) is 27.4 Å². The summed E-state index contributed by atoms with van der Waals surface area (Å²) >= 11 is 0. The monoisotopic (exact) mass is 327 g/mol. The summed E-state index contributed by atoms with van der Waals surface area (Å²) in [5, 5.41) is 10.8. The predicted octanol–water partition coefficient (Wildman–Crippen LogP) is 3.82. The Morgan fingerprint density at radius 2 is 2.00 bits per heavy atom. The maximum absolute atomic E-state index is 12.0. The highest BCUT2D eigenvalue weighted by Gasteiger charge is 2.31. The fraction of sp³-hybridized carbons (Fsp3) is 0.550. The molecule has 2 heterocycles. The first-order chi connectivity index (χ1) is 11.6. The number of hydrogen-bond donors (Lipinski definition) is 1. The van der Waals surface area contributed by atoms with Gasteiger partial charge in [-0.2, -0.15) is 0 Å². The van der Waals surface area contributed by atoms with E-state index < -0.39 is 0 Å². The number of fused-ring (bicyclic) bond motifs is 2. The zero-order valence-corrected chi connectivity index (χ0v) is 14.3. The zero-order valence-electron chi connectivity index (χ0n) is 14.3. The fourth-order valence-electron chi connectivity index (χ4n) is 4.61. The Kier molecular flexibility index (Phi) is 4.09. The largest absolute Gasteiger partial charge is 0.508 e. The van der Waals surface area contributed by atoms with Crippen molar-refractivity contribution >= 4 is 11.0 Å². The molecular formula is C20H25NO3. The SMILES string of the molecule is Cc1c(O)ccc2c(CN3CC[C@@H]4CCCC[C@@H]4C3)cc(=O)oc12. The van der Waals surface area contributed by atoms with Crippen molar-refractivity contribution in [2.45, 2.75) is 45.6 Å². The number of piperidine rings is 1. The van der Waals surface area contributed by atoms with E-state index >= 15 is 0 Å². The minimum absolute atomic E-state index is 0.172. The van der Waals surface area contributed by atoms with Crippen LogP contribution in [0.5, 0.6) is 5.75 Å². The number of nitrogens with zero attached hydrogens (tertiary/aromatic N) is 1. The molecule has 0 amide bonds. The average molecular weight is 327 g/mol. The molecule has 1 aromatic carbocycles. The number of rotatable bonds is 2. The summed E-state index contributed by atoms with van der Waals surface area (Å²) in [6, 6.07) is 5.17. The summed E-state index contributed by atoms with van der Waals surface area (Å²) in [6.07, 6.45) is 6.80. The number of hydrogen-bond acceptors (Lipinski definition) is 4. The Morgan fingerprint density at radius 3 is 2.83 bits per heavy atom. The average Bonchev–Trinajstić information content (AvgIpc) is 2.58. The number of phenols is 1. The van der Waals surface area contributed by atoms with Crippen LogP contribution in [-0.4, -0.2) is 23.1 Å².